The van der Waals surface area contributed by atoms with Crippen molar-refractivity contribution in [1.82, 2.24) is 20.4 Å². The third-order valence-corrected chi connectivity index (χ3v) is 3.62. The molecule has 2 aromatic heterocycles. The van der Waals surface area contributed by atoms with Gasteiger partial charge >= 0.3 is 12.8 Å². The van der Waals surface area contributed by atoms with Crippen molar-refractivity contribution in [3.63, 3.8) is 0 Å². The first-order chi connectivity index (χ1) is 12.3. The monoisotopic (exact) mass is 390 g/mol. The summed E-state index contributed by atoms with van der Waals surface area (Å²) in [7, 11) is 0. The minimum Gasteiger partial charge on any atom is -0.435 e. The number of nitrogens with zero attached hydrogens (tertiary/aromatic N) is 4. The van der Waals surface area contributed by atoms with Gasteiger partial charge in [-0.2, -0.15) is 22.0 Å². The lowest BCUT2D eigenvalue weighted by atomic mass is 10.2. The lowest BCUT2D eigenvalue weighted by Crippen LogP contribution is -2.08. The Morgan fingerprint density at radius 2 is 1.65 bits per heavy atom. The third kappa shape index (κ3) is 4.45. The Hall–Kier alpha value is -2.76. The van der Waals surface area contributed by atoms with Gasteiger partial charge in [-0.05, 0) is 48.2 Å². The van der Waals surface area contributed by atoms with Crippen LogP contribution in [0.5, 0.6) is 5.75 Å². The quantitative estimate of drug-likeness (QED) is 0.602. The second-order valence-electron chi connectivity index (χ2n) is 4.63. The van der Waals surface area contributed by atoms with E-state index >= 15 is 0 Å². The number of hydrogen-bond donors (Lipinski definition) is 0. The van der Waals surface area contributed by atoms with E-state index in [-0.39, 0.29) is 21.9 Å². The molecule has 3 rings (SSSR count). The standard InChI is InChI=1S/C14H7F5N4O2S/c15-12(16)24-8-3-1-7(2-4-8)11-22-23-13(25-11)26-10-6-5-9(20-21-10)14(17,18)19/h1-6,12H. The van der Waals surface area contributed by atoms with Crippen molar-refractivity contribution in [2.24, 2.45) is 0 Å². The van der Waals surface area contributed by atoms with Gasteiger partial charge < -0.3 is 9.15 Å². The summed E-state index contributed by atoms with van der Waals surface area (Å²) in [4.78, 5) is 0. The highest BCUT2D eigenvalue weighted by Crippen LogP contribution is 2.31. The third-order valence-electron chi connectivity index (χ3n) is 2.86. The van der Waals surface area contributed by atoms with Crippen LogP contribution < -0.4 is 4.74 Å². The summed E-state index contributed by atoms with van der Waals surface area (Å²) in [6.07, 6.45) is -4.58. The summed E-state index contributed by atoms with van der Waals surface area (Å²) in [5.74, 6) is 0.0638. The van der Waals surface area contributed by atoms with Gasteiger partial charge in [-0.1, -0.05) is 0 Å². The van der Waals surface area contributed by atoms with Crippen molar-refractivity contribution >= 4 is 11.8 Å². The molecule has 0 aliphatic rings. The van der Waals surface area contributed by atoms with E-state index in [1.165, 1.54) is 24.3 Å². The van der Waals surface area contributed by atoms with Crippen LogP contribution in [0.15, 0.2) is 51.1 Å². The molecule has 0 saturated heterocycles. The Balaban J connectivity index is 1.70. The molecular weight excluding hydrogens is 383 g/mol. The summed E-state index contributed by atoms with van der Waals surface area (Å²) < 4.78 is 71.1. The van der Waals surface area contributed by atoms with Crippen molar-refractivity contribution in [3.8, 4) is 17.2 Å². The smallest absolute Gasteiger partial charge is 0.435 e. The maximum Gasteiger partial charge on any atom is 0.435 e. The average Bonchev–Trinajstić information content (AvgIpc) is 3.03. The van der Waals surface area contributed by atoms with Gasteiger partial charge in [0.25, 0.3) is 5.22 Å². The van der Waals surface area contributed by atoms with Crippen LogP contribution in [0, 0.1) is 0 Å². The summed E-state index contributed by atoms with van der Waals surface area (Å²) >= 11 is 0.829. The van der Waals surface area contributed by atoms with Gasteiger partial charge in [0.2, 0.25) is 5.89 Å². The first kappa shape index (κ1) is 18.0. The van der Waals surface area contributed by atoms with Crippen LogP contribution >= 0.6 is 11.8 Å². The first-order valence-electron chi connectivity index (χ1n) is 6.79. The Labute approximate surface area is 146 Å². The molecule has 0 bridgehead atoms. The molecule has 0 aliphatic carbocycles. The van der Waals surface area contributed by atoms with Crippen LogP contribution in [-0.4, -0.2) is 27.0 Å². The number of aromatic nitrogens is 4. The summed E-state index contributed by atoms with van der Waals surface area (Å²) in [6, 6.07) is 7.41. The number of ether oxygens (including phenoxy) is 1. The molecule has 1 aromatic carbocycles. The Morgan fingerprint density at radius 1 is 0.923 bits per heavy atom. The molecule has 2 heterocycles. The zero-order valence-electron chi connectivity index (χ0n) is 12.4. The molecule has 0 atom stereocenters. The van der Waals surface area contributed by atoms with Crippen LogP contribution in [-0.2, 0) is 6.18 Å². The predicted molar refractivity (Wildman–Crippen MR) is 77.5 cm³/mol. The summed E-state index contributed by atoms with van der Waals surface area (Å²) in [5, 5.41) is 14.2. The van der Waals surface area contributed by atoms with E-state index in [1.807, 2.05) is 0 Å². The van der Waals surface area contributed by atoms with E-state index in [4.69, 9.17) is 4.42 Å². The molecule has 0 radical (unpaired) electrons. The molecule has 3 aromatic rings. The Bertz CT molecular complexity index is 868. The molecule has 12 heteroatoms. The number of alkyl halides is 5. The van der Waals surface area contributed by atoms with E-state index in [9.17, 15) is 22.0 Å². The minimum absolute atomic E-state index is 0.0296. The molecule has 0 amide bonds. The number of hydrogen-bond acceptors (Lipinski definition) is 7. The van der Waals surface area contributed by atoms with Crippen molar-refractivity contribution in [3.05, 3.63) is 42.1 Å². The van der Waals surface area contributed by atoms with Crippen LogP contribution in [0.25, 0.3) is 11.5 Å². The van der Waals surface area contributed by atoms with Gasteiger partial charge in [0.05, 0.1) is 0 Å². The molecule has 0 unspecified atom stereocenters. The molecule has 136 valence electrons. The summed E-state index contributed by atoms with van der Waals surface area (Å²) in [5.41, 5.74) is -0.663. The second kappa shape index (κ2) is 7.23. The number of rotatable bonds is 5. The van der Waals surface area contributed by atoms with Crippen LogP contribution in [0.1, 0.15) is 5.69 Å². The largest absolute Gasteiger partial charge is 0.435 e. The maximum absolute atomic E-state index is 12.4. The highest BCUT2D eigenvalue weighted by atomic mass is 32.2. The average molecular weight is 390 g/mol. The van der Waals surface area contributed by atoms with E-state index in [0.29, 0.717) is 5.56 Å². The molecule has 0 saturated carbocycles. The van der Waals surface area contributed by atoms with Crippen molar-refractivity contribution in [2.75, 3.05) is 0 Å². The van der Waals surface area contributed by atoms with Gasteiger partial charge in [-0.15, -0.1) is 20.4 Å². The lowest BCUT2D eigenvalue weighted by Gasteiger charge is -2.04. The maximum atomic E-state index is 12.4. The van der Waals surface area contributed by atoms with Gasteiger partial charge in [0.1, 0.15) is 10.8 Å². The number of benzene rings is 1. The van der Waals surface area contributed by atoms with Gasteiger partial charge in [0, 0.05) is 5.56 Å². The first-order valence-corrected chi connectivity index (χ1v) is 7.60. The Morgan fingerprint density at radius 3 is 2.23 bits per heavy atom. The molecular formula is C14H7F5N4O2S. The molecule has 0 spiro atoms. The zero-order valence-corrected chi connectivity index (χ0v) is 13.3. The zero-order chi connectivity index (χ0) is 18.7. The predicted octanol–water partition coefficient (Wildman–Crippen LogP) is 4.30. The SMILES string of the molecule is FC(F)Oc1ccc(-c2nnc(Sc3ccc(C(F)(F)F)nn3)o2)cc1. The number of halogens is 5. The van der Waals surface area contributed by atoms with Crippen LogP contribution in [0.4, 0.5) is 22.0 Å². The second-order valence-corrected chi connectivity index (χ2v) is 5.60. The van der Waals surface area contributed by atoms with Crippen molar-refractivity contribution in [2.45, 2.75) is 23.0 Å². The van der Waals surface area contributed by atoms with E-state index in [0.717, 1.165) is 23.9 Å². The fraction of sp³-hybridized carbons (Fsp3) is 0.143. The Kier molecular flexibility index (Phi) is 5.02. The summed E-state index contributed by atoms with van der Waals surface area (Å²) in [6.45, 7) is -2.93. The molecule has 0 fully saturated rings. The highest BCUT2D eigenvalue weighted by molar-refractivity contribution is 7.99. The molecule has 6 nitrogen and oxygen atoms in total. The van der Waals surface area contributed by atoms with Gasteiger partial charge in [-0.25, -0.2) is 0 Å². The molecule has 0 N–H and O–H groups in total. The van der Waals surface area contributed by atoms with E-state index < -0.39 is 18.5 Å². The van der Waals surface area contributed by atoms with Gasteiger partial charge in [-0.3, -0.25) is 0 Å². The fourth-order valence-electron chi connectivity index (χ4n) is 1.76. The van der Waals surface area contributed by atoms with Crippen molar-refractivity contribution in [1.29, 1.82) is 0 Å². The topological polar surface area (TPSA) is 73.9 Å². The minimum atomic E-state index is -4.58. The molecule has 26 heavy (non-hydrogen) atoms. The van der Waals surface area contributed by atoms with E-state index in [2.05, 4.69) is 25.1 Å². The molecule has 0 aliphatic heterocycles. The highest BCUT2D eigenvalue weighted by Gasteiger charge is 2.33. The van der Waals surface area contributed by atoms with Crippen molar-refractivity contribution < 1.29 is 31.1 Å². The van der Waals surface area contributed by atoms with Gasteiger partial charge in [0.15, 0.2) is 5.69 Å². The van der Waals surface area contributed by atoms with E-state index in [1.54, 1.807) is 0 Å². The van der Waals surface area contributed by atoms with Crippen LogP contribution in [0.2, 0.25) is 0 Å². The normalized spacial score (nSPS) is 11.8. The fourth-order valence-corrected chi connectivity index (χ4v) is 2.36. The lowest BCUT2D eigenvalue weighted by molar-refractivity contribution is -0.141. The van der Waals surface area contributed by atoms with Crippen LogP contribution in [0.3, 0.4) is 0 Å².